The van der Waals surface area contributed by atoms with Gasteiger partial charge in [-0.3, -0.25) is 9.59 Å². The number of likely N-dealkylation sites (tertiary alicyclic amines) is 1. The number of aryl methyl sites for hydroxylation is 1. The van der Waals surface area contributed by atoms with Gasteiger partial charge in [-0.15, -0.1) is 0 Å². The smallest absolute Gasteiger partial charge is 0.252 e. The van der Waals surface area contributed by atoms with E-state index in [1.54, 1.807) is 18.7 Å². The Morgan fingerprint density at radius 1 is 1.42 bits per heavy atom. The minimum atomic E-state index is -0.531. The number of primary amides is 1. The number of piperidine rings is 1. The number of rotatable bonds is 2. The van der Waals surface area contributed by atoms with E-state index in [9.17, 15) is 9.59 Å². The Balaban J connectivity index is 2.32. The predicted molar refractivity (Wildman–Crippen MR) is 69.3 cm³/mol. The summed E-state index contributed by atoms with van der Waals surface area (Å²) < 4.78 is 0. The van der Waals surface area contributed by atoms with Gasteiger partial charge in [-0.25, -0.2) is 9.97 Å². The molecule has 0 aliphatic carbocycles. The number of nitrogens with zero attached hydrogens (tertiary/aromatic N) is 3. The Morgan fingerprint density at radius 2 is 2.16 bits per heavy atom. The number of hydrogen-bond donors (Lipinski definition) is 1. The van der Waals surface area contributed by atoms with Crippen LogP contribution in [0.15, 0.2) is 6.20 Å². The first-order valence-corrected chi connectivity index (χ1v) is 6.41. The monoisotopic (exact) mass is 262 g/mol. The molecule has 1 aliphatic heterocycles. The number of amides is 2. The van der Waals surface area contributed by atoms with Crippen LogP contribution in [0.25, 0.3) is 0 Å². The van der Waals surface area contributed by atoms with Crippen LogP contribution in [-0.2, 0) is 4.79 Å². The van der Waals surface area contributed by atoms with Gasteiger partial charge >= 0.3 is 0 Å². The third-order valence-corrected chi connectivity index (χ3v) is 3.47. The van der Waals surface area contributed by atoms with E-state index in [0.29, 0.717) is 17.1 Å². The highest BCUT2D eigenvalue weighted by molar-refractivity contribution is 5.93. The minimum absolute atomic E-state index is 0.0323. The maximum atomic E-state index is 11.6. The van der Waals surface area contributed by atoms with E-state index in [0.717, 1.165) is 25.8 Å². The second kappa shape index (κ2) is 5.34. The maximum Gasteiger partial charge on any atom is 0.252 e. The van der Waals surface area contributed by atoms with Gasteiger partial charge in [-0.05, 0) is 26.2 Å². The number of aromatic nitrogens is 2. The third-order valence-electron chi connectivity index (χ3n) is 3.47. The van der Waals surface area contributed by atoms with Crippen molar-refractivity contribution in [1.29, 1.82) is 0 Å². The van der Waals surface area contributed by atoms with Crippen molar-refractivity contribution >= 4 is 11.8 Å². The van der Waals surface area contributed by atoms with Crippen LogP contribution in [0, 0.1) is 6.92 Å². The van der Waals surface area contributed by atoms with Crippen LogP contribution in [0.3, 0.4) is 0 Å². The van der Waals surface area contributed by atoms with Crippen LogP contribution in [0.2, 0.25) is 0 Å². The first-order chi connectivity index (χ1) is 9.00. The standard InChI is InChI=1S/C13H18N4O2/c1-8-10(12(14)19)7-15-13(16-8)11-5-3-4-6-17(11)9(2)18/h7,11H,3-6H2,1-2H3,(H2,14,19)/t11-/m1/s1. The van der Waals surface area contributed by atoms with Crippen molar-refractivity contribution in [2.75, 3.05) is 6.54 Å². The van der Waals surface area contributed by atoms with Crippen LogP contribution in [0.4, 0.5) is 0 Å². The van der Waals surface area contributed by atoms with Gasteiger partial charge in [-0.2, -0.15) is 0 Å². The fraction of sp³-hybridized carbons (Fsp3) is 0.538. The molecule has 0 bridgehead atoms. The quantitative estimate of drug-likeness (QED) is 0.859. The Kier molecular flexibility index (Phi) is 3.78. The summed E-state index contributed by atoms with van der Waals surface area (Å²) in [6.07, 6.45) is 4.37. The highest BCUT2D eigenvalue weighted by Gasteiger charge is 2.28. The minimum Gasteiger partial charge on any atom is -0.365 e. The molecular weight excluding hydrogens is 244 g/mol. The predicted octanol–water partition coefficient (Wildman–Crippen LogP) is 0.957. The van der Waals surface area contributed by atoms with Gasteiger partial charge in [0, 0.05) is 19.7 Å². The van der Waals surface area contributed by atoms with Crippen molar-refractivity contribution in [3.05, 3.63) is 23.3 Å². The first kappa shape index (κ1) is 13.5. The van der Waals surface area contributed by atoms with E-state index < -0.39 is 5.91 Å². The van der Waals surface area contributed by atoms with E-state index in [2.05, 4.69) is 9.97 Å². The molecule has 1 aromatic heterocycles. The molecule has 2 N–H and O–H groups in total. The molecular formula is C13H18N4O2. The van der Waals surface area contributed by atoms with E-state index in [4.69, 9.17) is 5.73 Å². The van der Waals surface area contributed by atoms with Crippen molar-refractivity contribution in [3.8, 4) is 0 Å². The van der Waals surface area contributed by atoms with E-state index in [1.807, 2.05) is 0 Å². The van der Waals surface area contributed by atoms with Gasteiger partial charge < -0.3 is 10.6 Å². The number of nitrogens with two attached hydrogens (primary N) is 1. The number of hydrogen-bond acceptors (Lipinski definition) is 4. The normalized spacial score (nSPS) is 19.3. The van der Waals surface area contributed by atoms with Gasteiger partial charge in [-0.1, -0.05) is 0 Å². The van der Waals surface area contributed by atoms with E-state index in [1.165, 1.54) is 6.20 Å². The summed E-state index contributed by atoms with van der Waals surface area (Å²) in [5.74, 6) is 0.0958. The Labute approximate surface area is 112 Å². The van der Waals surface area contributed by atoms with Crippen molar-refractivity contribution in [3.63, 3.8) is 0 Å². The van der Waals surface area contributed by atoms with Crippen molar-refractivity contribution in [1.82, 2.24) is 14.9 Å². The fourth-order valence-corrected chi connectivity index (χ4v) is 2.46. The summed E-state index contributed by atoms with van der Waals surface area (Å²) in [7, 11) is 0. The van der Waals surface area contributed by atoms with Crippen molar-refractivity contribution in [2.24, 2.45) is 5.73 Å². The molecule has 2 heterocycles. The Bertz CT molecular complexity index is 515. The van der Waals surface area contributed by atoms with Crippen molar-refractivity contribution < 1.29 is 9.59 Å². The molecule has 6 heteroatoms. The van der Waals surface area contributed by atoms with Crippen molar-refractivity contribution in [2.45, 2.75) is 39.2 Å². The zero-order valence-electron chi connectivity index (χ0n) is 11.2. The molecule has 0 aromatic carbocycles. The first-order valence-electron chi connectivity index (χ1n) is 6.41. The van der Waals surface area contributed by atoms with Crippen LogP contribution >= 0.6 is 0 Å². The van der Waals surface area contributed by atoms with Gasteiger partial charge in [0.05, 0.1) is 17.3 Å². The summed E-state index contributed by atoms with van der Waals surface area (Å²) >= 11 is 0. The lowest BCUT2D eigenvalue weighted by Crippen LogP contribution is -2.38. The summed E-state index contributed by atoms with van der Waals surface area (Å²) in [6, 6.07) is -0.0909. The zero-order chi connectivity index (χ0) is 14.0. The molecule has 0 spiro atoms. The molecule has 102 valence electrons. The lowest BCUT2D eigenvalue weighted by atomic mass is 10.0. The summed E-state index contributed by atoms with van der Waals surface area (Å²) in [6.45, 7) is 4.02. The number of carbonyl (C=O) groups excluding carboxylic acids is 2. The average Bonchev–Trinajstić information content (AvgIpc) is 2.38. The van der Waals surface area contributed by atoms with Gasteiger partial charge in [0.2, 0.25) is 5.91 Å². The molecule has 19 heavy (non-hydrogen) atoms. The molecule has 2 rings (SSSR count). The fourth-order valence-electron chi connectivity index (χ4n) is 2.46. The molecule has 1 fully saturated rings. The average molecular weight is 262 g/mol. The lowest BCUT2D eigenvalue weighted by Gasteiger charge is -2.34. The molecule has 1 aliphatic rings. The highest BCUT2D eigenvalue weighted by Crippen LogP contribution is 2.28. The molecule has 6 nitrogen and oxygen atoms in total. The highest BCUT2D eigenvalue weighted by atomic mass is 16.2. The van der Waals surface area contributed by atoms with Gasteiger partial charge in [0.15, 0.2) is 5.82 Å². The van der Waals surface area contributed by atoms with E-state index >= 15 is 0 Å². The molecule has 0 unspecified atom stereocenters. The largest absolute Gasteiger partial charge is 0.365 e. The molecule has 2 amide bonds. The van der Waals surface area contributed by atoms with Crippen LogP contribution in [0.1, 0.15) is 54.1 Å². The molecule has 1 atom stereocenters. The third kappa shape index (κ3) is 2.72. The maximum absolute atomic E-state index is 11.6. The van der Waals surface area contributed by atoms with Crippen LogP contribution in [-0.4, -0.2) is 33.2 Å². The SMILES string of the molecule is CC(=O)N1CCCC[C@@H]1c1ncc(C(N)=O)c(C)n1. The summed E-state index contributed by atoms with van der Waals surface area (Å²) in [5.41, 5.74) is 6.12. The zero-order valence-corrected chi connectivity index (χ0v) is 11.2. The second-order valence-electron chi connectivity index (χ2n) is 4.82. The lowest BCUT2D eigenvalue weighted by molar-refractivity contribution is -0.132. The topological polar surface area (TPSA) is 89.2 Å². The van der Waals surface area contributed by atoms with Crippen LogP contribution in [0.5, 0.6) is 0 Å². The summed E-state index contributed by atoms with van der Waals surface area (Å²) in [4.78, 5) is 33.1. The molecule has 1 aromatic rings. The Morgan fingerprint density at radius 3 is 2.74 bits per heavy atom. The Hall–Kier alpha value is -1.98. The second-order valence-corrected chi connectivity index (χ2v) is 4.82. The molecule has 0 radical (unpaired) electrons. The van der Waals surface area contributed by atoms with Crippen LogP contribution < -0.4 is 5.73 Å². The number of carbonyl (C=O) groups is 2. The van der Waals surface area contributed by atoms with E-state index in [-0.39, 0.29) is 11.9 Å². The summed E-state index contributed by atoms with van der Waals surface area (Å²) in [5, 5.41) is 0. The van der Waals surface area contributed by atoms with Gasteiger partial charge in [0.25, 0.3) is 5.91 Å². The van der Waals surface area contributed by atoms with Gasteiger partial charge in [0.1, 0.15) is 0 Å². The molecule has 0 saturated carbocycles. The molecule has 1 saturated heterocycles.